The van der Waals surface area contributed by atoms with Crippen LogP contribution in [0.5, 0.6) is 5.88 Å². The molecule has 1 aliphatic rings. The fourth-order valence-electron chi connectivity index (χ4n) is 2.96. The predicted molar refractivity (Wildman–Crippen MR) is 103 cm³/mol. The number of aromatic nitrogens is 1. The fraction of sp³-hybridized carbons (Fsp3) is 0.400. The molecule has 2 heterocycles. The highest BCUT2D eigenvalue weighted by molar-refractivity contribution is 6.04. The summed E-state index contributed by atoms with van der Waals surface area (Å²) in [4.78, 5) is 21.3. The Morgan fingerprint density at radius 2 is 2.00 bits per heavy atom. The molecule has 26 heavy (non-hydrogen) atoms. The Labute approximate surface area is 154 Å². The smallest absolute Gasteiger partial charge is 0.257 e. The molecule has 0 saturated carbocycles. The van der Waals surface area contributed by atoms with E-state index in [0.717, 1.165) is 38.4 Å². The van der Waals surface area contributed by atoms with Crippen LogP contribution in [-0.4, -0.2) is 60.5 Å². The third-order valence-electron chi connectivity index (χ3n) is 4.48. The van der Waals surface area contributed by atoms with Crippen molar-refractivity contribution in [3.05, 3.63) is 53.7 Å². The van der Waals surface area contributed by atoms with E-state index >= 15 is 0 Å². The number of nitrogens with one attached hydrogen (secondary N) is 1. The molecule has 2 aromatic rings. The van der Waals surface area contributed by atoms with Crippen LogP contribution in [0.1, 0.15) is 22.8 Å². The third-order valence-corrected chi connectivity index (χ3v) is 4.48. The second-order valence-electron chi connectivity index (χ2n) is 6.55. The van der Waals surface area contributed by atoms with Gasteiger partial charge in [-0.05, 0) is 37.7 Å². The highest BCUT2D eigenvalue weighted by atomic mass is 16.5. The summed E-state index contributed by atoms with van der Waals surface area (Å²) in [5.41, 5.74) is 2.52. The van der Waals surface area contributed by atoms with Crippen LogP contribution in [0.2, 0.25) is 0 Å². The van der Waals surface area contributed by atoms with Gasteiger partial charge in [0.05, 0.1) is 12.2 Å². The Morgan fingerprint density at radius 3 is 2.69 bits per heavy atom. The average molecular weight is 354 g/mol. The molecule has 0 unspecified atom stereocenters. The number of anilines is 1. The number of carbonyl (C=O) groups is 1. The number of carbonyl (C=O) groups excluding carboxylic acids is 1. The number of rotatable bonds is 6. The third kappa shape index (κ3) is 5.03. The van der Waals surface area contributed by atoms with E-state index in [2.05, 4.69) is 33.2 Å². The van der Waals surface area contributed by atoms with Crippen LogP contribution in [-0.2, 0) is 6.54 Å². The topological polar surface area (TPSA) is 57.7 Å². The molecular formula is C20H26N4O2. The van der Waals surface area contributed by atoms with E-state index in [1.165, 1.54) is 11.8 Å². The zero-order chi connectivity index (χ0) is 18.4. The first kappa shape index (κ1) is 18.4. The highest BCUT2D eigenvalue weighted by Gasteiger charge is 2.14. The summed E-state index contributed by atoms with van der Waals surface area (Å²) < 4.78 is 5.30. The molecule has 1 amide bonds. The van der Waals surface area contributed by atoms with Crippen molar-refractivity contribution in [1.82, 2.24) is 14.8 Å². The van der Waals surface area contributed by atoms with Crippen molar-refractivity contribution in [2.45, 2.75) is 13.5 Å². The standard InChI is InChI=1S/C20H26N4O2/c1-3-26-19-8-7-17(14-21-19)20(25)22-18-6-4-5-16(13-18)15-24-11-9-23(2)10-12-24/h4-8,13-14H,3,9-12,15H2,1-2H3,(H,22,25). The number of piperazine rings is 1. The summed E-state index contributed by atoms with van der Waals surface area (Å²) in [6, 6.07) is 11.5. The lowest BCUT2D eigenvalue weighted by Gasteiger charge is -2.32. The van der Waals surface area contributed by atoms with E-state index in [9.17, 15) is 4.79 Å². The molecule has 1 fully saturated rings. The summed E-state index contributed by atoms with van der Waals surface area (Å²) in [5, 5.41) is 2.95. The second kappa shape index (κ2) is 8.78. The van der Waals surface area contributed by atoms with E-state index in [1.807, 2.05) is 25.1 Å². The van der Waals surface area contributed by atoms with Crippen molar-refractivity contribution in [1.29, 1.82) is 0 Å². The lowest BCUT2D eigenvalue weighted by atomic mass is 10.1. The van der Waals surface area contributed by atoms with E-state index in [1.54, 1.807) is 12.1 Å². The number of hydrogen-bond acceptors (Lipinski definition) is 5. The van der Waals surface area contributed by atoms with Crippen LogP contribution in [0.4, 0.5) is 5.69 Å². The number of nitrogens with zero attached hydrogens (tertiary/aromatic N) is 3. The van der Waals surface area contributed by atoms with E-state index in [0.29, 0.717) is 18.1 Å². The molecule has 1 aromatic carbocycles. The number of amides is 1. The molecule has 0 radical (unpaired) electrons. The molecular weight excluding hydrogens is 328 g/mol. The Bertz CT molecular complexity index is 725. The largest absolute Gasteiger partial charge is 0.478 e. The van der Waals surface area contributed by atoms with Gasteiger partial charge in [0.25, 0.3) is 5.91 Å². The van der Waals surface area contributed by atoms with Gasteiger partial charge in [0, 0.05) is 50.7 Å². The molecule has 0 bridgehead atoms. The van der Waals surface area contributed by atoms with E-state index in [4.69, 9.17) is 4.74 Å². The van der Waals surface area contributed by atoms with Crippen molar-refractivity contribution in [3.8, 4) is 5.88 Å². The molecule has 3 rings (SSSR count). The lowest BCUT2D eigenvalue weighted by Crippen LogP contribution is -2.43. The monoisotopic (exact) mass is 354 g/mol. The summed E-state index contributed by atoms with van der Waals surface area (Å²) in [5.74, 6) is 0.357. The van der Waals surface area contributed by atoms with Gasteiger partial charge in [-0.2, -0.15) is 0 Å². The number of pyridine rings is 1. The van der Waals surface area contributed by atoms with E-state index in [-0.39, 0.29) is 5.91 Å². The first-order chi connectivity index (χ1) is 12.6. The SMILES string of the molecule is CCOc1ccc(C(=O)Nc2cccc(CN3CCN(C)CC3)c2)cn1. The van der Waals surface area contributed by atoms with Gasteiger partial charge in [0.1, 0.15) is 0 Å². The Balaban J connectivity index is 1.60. The number of benzene rings is 1. The van der Waals surface area contributed by atoms with Gasteiger partial charge < -0.3 is 15.0 Å². The molecule has 6 nitrogen and oxygen atoms in total. The molecule has 1 saturated heterocycles. The van der Waals surface area contributed by atoms with Crippen molar-refractivity contribution < 1.29 is 9.53 Å². The van der Waals surface area contributed by atoms with Gasteiger partial charge in [-0.3, -0.25) is 9.69 Å². The Kier molecular flexibility index (Phi) is 6.20. The van der Waals surface area contributed by atoms with Gasteiger partial charge in [-0.15, -0.1) is 0 Å². The normalized spacial score (nSPS) is 15.6. The summed E-state index contributed by atoms with van der Waals surface area (Å²) >= 11 is 0. The zero-order valence-electron chi connectivity index (χ0n) is 15.4. The number of likely N-dealkylation sites (N-methyl/N-ethyl adjacent to an activating group) is 1. The number of ether oxygens (including phenoxy) is 1. The van der Waals surface area contributed by atoms with Crippen LogP contribution in [0.3, 0.4) is 0 Å². The van der Waals surface area contributed by atoms with Crippen LogP contribution in [0.15, 0.2) is 42.6 Å². The molecule has 0 atom stereocenters. The highest BCUT2D eigenvalue weighted by Crippen LogP contribution is 2.15. The molecule has 1 aromatic heterocycles. The molecule has 0 aliphatic carbocycles. The van der Waals surface area contributed by atoms with Crippen molar-refractivity contribution in [3.63, 3.8) is 0 Å². The predicted octanol–water partition coefficient (Wildman–Crippen LogP) is 2.48. The minimum Gasteiger partial charge on any atom is -0.478 e. The van der Waals surface area contributed by atoms with Crippen molar-refractivity contribution in [2.24, 2.45) is 0 Å². The maximum Gasteiger partial charge on any atom is 0.257 e. The zero-order valence-corrected chi connectivity index (χ0v) is 15.4. The molecule has 1 N–H and O–H groups in total. The summed E-state index contributed by atoms with van der Waals surface area (Å²) in [6.07, 6.45) is 1.54. The van der Waals surface area contributed by atoms with Gasteiger partial charge >= 0.3 is 0 Å². The van der Waals surface area contributed by atoms with Gasteiger partial charge in [0.2, 0.25) is 5.88 Å². The minimum absolute atomic E-state index is 0.169. The summed E-state index contributed by atoms with van der Waals surface area (Å²) in [6.45, 7) is 7.70. The van der Waals surface area contributed by atoms with Gasteiger partial charge in [-0.25, -0.2) is 4.98 Å². The fourth-order valence-corrected chi connectivity index (χ4v) is 2.96. The quantitative estimate of drug-likeness (QED) is 0.864. The first-order valence-corrected chi connectivity index (χ1v) is 9.04. The molecule has 138 valence electrons. The molecule has 6 heteroatoms. The van der Waals surface area contributed by atoms with E-state index < -0.39 is 0 Å². The first-order valence-electron chi connectivity index (χ1n) is 9.04. The minimum atomic E-state index is -0.169. The van der Waals surface area contributed by atoms with Crippen LogP contribution in [0.25, 0.3) is 0 Å². The Hall–Kier alpha value is -2.44. The average Bonchev–Trinajstić information content (AvgIpc) is 2.65. The summed E-state index contributed by atoms with van der Waals surface area (Å²) in [7, 11) is 2.16. The van der Waals surface area contributed by atoms with Gasteiger partial charge in [-0.1, -0.05) is 12.1 Å². The molecule has 0 spiro atoms. The van der Waals surface area contributed by atoms with Crippen molar-refractivity contribution in [2.75, 3.05) is 45.2 Å². The lowest BCUT2D eigenvalue weighted by molar-refractivity contribution is 0.102. The van der Waals surface area contributed by atoms with Gasteiger partial charge in [0.15, 0.2) is 0 Å². The maximum atomic E-state index is 12.4. The van der Waals surface area contributed by atoms with Crippen LogP contribution < -0.4 is 10.1 Å². The second-order valence-corrected chi connectivity index (χ2v) is 6.55. The van der Waals surface area contributed by atoms with Crippen LogP contribution in [0, 0.1) is 0 Å². The van der Waals surface area contributed by atoms with Crippen LogP contribution >= 0.6 is 0 Å². The van der Waals surface area contributed by atoms with Crippen molar-refractivity contribution >= 4 is 11.6 Å². The molecule has 1 aliphatic heterocycles. The number of hydrogen-bond donors (Lipinski definition) is 1. The maximum absolute atomic E-state index is 12.4. The Morgan fingerprint density at radius 1 is 1.19 bits per heavy atom.